The topological polar surface area (TPSA) is 117 Å². The summed E-state index contributed by atoms with van der Waals surface area (Å²) in [4.78, 5) is 29.2. The van der Waals surface area contributed by atoms with Crippen molar-refractivity contribution in [1.29, 1.82) is 0 Å². The molecular formula is C31H35N3O4. The van der Waals surface area contributed by atoms with E-state index in [0.29, 0.717) is 23.8 Å². The third-order valence-electron chi connectivity index (χ3n) is 7.10. The molecule has 3 aromatic carbocycles. The molecule has 0 atom stereocenters. The van der Waals surface area contributed by atoms with Crippen LogP contribution in [0.5, 0.6) is 5.75 Å². The lowest BCUT2D eigenvalue weighted by Crippen LogP contribution is -2.28. The monoisotopic (exact) mass is 513 g/mol. The summed E-state index contributed by atoms with van der Waals surface area (Å²) in [7, 11) is 0. The zero-order valence-electron chi connectivity index (χ0n) is 22.0. The maximum Gasteiger partial charge on any atom is 0.338 e. The Morgan fingerprint density at radius 3 is 2.11 bits per heavy atom. The molecule has 38 heavy (non-hydrogen) atoms. The van der Waals surface area contributed by atoms with Crippen molar-refractivity contribution < 1.29 is 19.1 Å². The van der Waals surface area contributed by atoms with Gasteiger partial charge in [-0.2, -0.15) is 0 Å². The normalized spacial score (nSPS) is 16.9. The molecule has 1 aliphatic rings. The number of esters is 2. The van der Waals surface area contributed by atoms with Gasteiger partial charge in [-0.3, -0.25) is 9.79 Å². The first-order valence-corrected chi connectivity index (χ1v) is 13.0. The highest BCUT2D eigenvalue weighted by Gasteiger charge is 2.27. The van der Waals surface area contributed by atoms with E-state index in [0.717, 1.165) is 47.9 Å². The molecule has 1 saturated carbocycles. The van der Waals surface area contributed by atoms with Crippen LogP contribution < -0.4 is 16.2 Å². The second kappa shape index (κ2) is 12.4. The number of rotatable bonds is 8. The highest BCUT2D eigenvalue weighted by atomic mass is 16.5. The van der Waals surface area contributed by atoms with Gasteiger partial charge in [0.2, 0.25) is 0 Å². The molecule has 198 valence electrons. The van der Waals surface area contributed by atoms with E-state index in [1.165, 1.54) is 5.56 Å². The highest BCUT2D eigenvalue weighted by Crippen LogP contribution is 2.31. The summed E-state index contributed by atoms with van der Waals surface area (Å²) in [5.74, 6) is 0.384. The van der Waals surface area contributed by atoms with E-state index in [2.05, 4.69) is 11.1 Å². The van der Waals surface area contributed by atoms with E-state index in [1.807, 2.05) is 50.2 Å². The molecule has 0 heterocycles. The van der Waals surface area contributed by atoms with Crippen molar-refractivity contribution in [2.45, 2.75) is 46.1 Å². The summed E-state index contributed by atoms with van der Waals surface area (Å²) in [6, 6.07) is 20.8. The van der Waals surface area contributed by atoms with Gasteiger partial charge in [-0.15, -0.1) is 0 Å². The fourth-order valence-corrected chi connectivity index (χ4v) is 4.76. The van der Waals surface area contributed by atoms with E-state index in [-0.39, 0.29) is 30.4 Å². The van der Waals surface area contributed by atoms with Crippen LogP contribution in [0.3, 0.4) is 0 Å². The van der Waals surface area contributed by atoms with Gasteiger partial charge in [0.1, 0.15) is 12.4 Å². The summed E-state index contributed by atoms with van der Waals surface area (Å²) in [6.07, 6.45) is 3.37. The summed E-state index contributed by atoms with van der Waals surface area (Å²) >= 11 is 0. The highest BCUT2D eigenvalue weighted by molar-refractivity contribution is 5.90. The number of carbonyl (C=O) groups excluding carboxylic acids is 2. The lowest BCUT2D eigenvalue weighted by Gasteiger charge is -2.26. The average molecular weight is 514 g/mol. The number of aliphatic imine (C=N–C) groups is 1. The molecular weight excluding hydrogens is 478 g/mol. The number of nitrogens with two attached hydrogens (primary N) is 2. The van der Waals surface area contributed by atoms with Crippen LogP contribution in [0, 0.1) is 25.7 Å². The van der Waals surface area contributed by atoms with Crippen LogP contribution >= 0.6 is 0 Å². The van der Waals surface area contributed by atoms with Gasteiger partial charge in [0.05, 0.1) is 11.5 Å². The second-order valence-corrected chi connectivity index (χ2v) is 10.0. The van der Waals surface area contributed by atoms with Gasteiger partial charge in [-0.25, -0.2) is 4.79 Å². The van der Waals surface area contributed by atoms with Crippen LogP contribution in [0.4, 0.5) is 0 Å². The van der Waals surface area contributed by atoms with E-state index < -0.39 is 0 Å². The lowest BCUT2D eigenvalue weighted by molar-refractivity contribution is -0.140. The smallest absolute Gasteiger partial charge is 0.338 e. The minimum absolute atomic E-state index is 0.104. The van der Waals surface area contributed by atoms with Crippen molar-refractivity contribution >= 4 is 17.9 Å². The summed E-state index contributed by atoms with van der Waals surface area (Å²) in [5, 5.41) is 0. The maximum atomic E-state index is 12.6. The molecule has 7 heteroatoms. The van der Waals surface area contributed by atoms with E-state index >= 15 is 0 Å². The number of aryl methyl sites for hydroxylation is 2. The largest absolute Gasteiger partial charge is 0.457 e. The zero-order valence-corrected chi connectivity index (χ0v) is 22.0. The van der Waals surface area contributed by atoms with Gasteiger partial charge in [0.15, 0.2) is 5.96 Å². The minimum Gasteiger partial charge on any atom is -0.457 e. The number of ether oxygens (including phenoxy) is 2. The Bertz CT molecular complexity index is 1290. The van der Waals surface area contributed by atoms with Gasteiger partial charge in [0, 0.05) is 6.54 Å². The lowest BCUT2D eigenvalue weighted by atomic mass is 9.82. The Morgan fingerprint density at radius 1 is 0.868 bits per heavy atom. The number of hydrogen-bond acceptors (Lipinski definition) is 5. The Hall–Kier alpha value is -4.13. The van der Waals surface area contributed by atoms with Gasteiger partial charge < -0.3 is 20.9 Å². The molecule has 4 N–H and O–H groups in total. The molecule has 1 aliphatic carbocycles. The quantitative estimate of drug-likeness (QED) is 0.182. The maximum absolute atomic E-state index is 12.6. The predicted octanol–water partition coefficient (Wildman–Crippen LogP) is 5.31. The third kappa shape index (κ3) is 7.22. The SMILES string of the molecule is Cc1ccc(COC(=O)c2ccc(-c3ccc(OC(=O)C4CCC(CN=C(N)N)CC4)cc3)cc2)c(C)c1. The third-order valence-corrected chi connectivity index (χ3v) is 7.10. The molecule has 0 unspecified atom stereocenters. The zero-order chi connectivity index (χ0) is 27.1. The van der Waals surface area contributed by atoms with Crippen LogP contribution in [0.2, 0.25) is 0 Å². The summed E-state index contributed by atoms with van der Waals surface area (Å²) in [5.41, 5.74) is 16.5. The molecule has 0 spiro atoms. The number of hydrogen-bond donors (Lipinski definition) is 2. The van der Waals surface area contributed by atoms with Gasteiger partial charge in [-0.1, -0.05) is 48.0 Å². The number of nitrogens with zero attached hydrogens (tertiary/aromatic N) is 1. The molecule has 0 aliphatic heterocycles. The minimum atomic E-state index is -0.357. The molecule has 0 radical (unpaired) electrons. The number of guanidine groups is 1. The van der Waals surface area contributed by atoms with E-state index in [4.69, 9.17) is 20.9 Å². The Balaban J connectivity index is 1.28. The van der Waals surface area contributed by atoms with Crippen LogP contribution in [-0.2, 0) is 16.1 Å². The number of benzene rings is 3. The Labute approximate surface area is 223 Å². The Kier molecular flexibility index (Phi) is 8.79. The summed E-state index contributed by atoms with van der Waals surface area (Å²) in [6.45, 7) is 4.91. The first kappa shape index (κ1) is 26.9. The number of carbonyl (C=O) groups is 2. The Morgan fingerprint density at radius 2 is 1.50 bits per heavy atom. The van der Waals surface area contributed by atoms with Crippen molar-refractivity contribution in [3.05, 3.63) is 89.0 Å². The summed E-state index contributed by atoms with van der Waals surface area (Å²) < 4.78 is 11.1. The van der Waals surface area contributed by atoms with Crippen molar-refractivity contribution in [3.8, 4) is 16.9 Å². The van der Waals surface area contributed by atoms with Crippen LogP contribution in [0.15, 0.2) is 71.7 Å². The van der Waals surface area contributed by atoms with Crippen molar-refractivity contribution in [2.75, 3.05) is 6.54 Å². The fourth-order valence-electron chi connectivity index (χ4n) is 4.76. The predicted molar refractivity (Wildman–Crippen MR) is 149 cm³/mol. The van der Waals surface area contributed by atoms with Crippen molar-refractivity contribution in [1.82, 2.24) is 0 Å². The van der Waals surface area contributed by atoms with Crippen LogP contribution in [0.25, 0.3) is 11.1 Å². The van der Waals surface area contributed by atoms with Crippen molar-refractivity contribution in [3.63, 3.8) is 0 Å². The van der Waals surface area contributed by atoms with Gasteiger partial charge >= 0.3 is 11.9 Å². The first-order valence-electron chi connectivity index (χ1n) is 13.0. The van der Waals surface area contributed by atoms with E-state index in [9.17, 15) is 9.59 Å². The molecule has 0 aromatic heterocycles. The standard InChI is InChI=1S/C31H35N3O4/c1-20-3-6-27(21(2)17-20)19-37-29(35)25-11-9-23(10-12-25)24-13-15-28(16-14-24)38-30(36)26-7-4-22(5-8-26)18-34-31(32)33/h3,6,9-17,22,26H,4-5,7-8,18-19H2,1-2H3,(H4,32,33,34). The van der Waals surface area contributed by atoms with Gasteiger partial charge in [0.25, 0.3) is 0 Å². The molecule has 0 amide bonds. The fraction of sp³-hybridized carbons (Fsp3) is 0.323. The van der Waals surface area contributed by atoms with E-state index in [1.54, 1.807) is 24.3 Å². The molecule has 7 nitrogen and oxygen atoms in total. The van der Waals surface area contributed by atoms with Crippen LogP contribution in [-0.4, -0.2) is 24.4 Å². The second-order valence-electron chi connectivity index (χ2n) is 10.0. The van der Waals surface area contributed by atoms with Crippen molar-refractivity contribution in [2.24, 2.45) is 28.3 Å². The molecule has 0 saturated heterocycles. The van der Waals surface area contributed by atoms with Crippen LogP contribution in [0.1, 0.15) is 52.7 Å². The first-order chi connectivity index (χ1) is 18.3. The molecule has 3 aromatic rings. The molecule has 0 bridgehead atoms. The van der Waals surface area contributed by atoms with Gasteiger partial charge in [-0.05, 0) is 92.0 Å². The molecule has 4 rings (SSSR count). The average Bonchev–Trinajstić information content (AvgIpc) is 2.92. The molecule has 1 fully saturated rings.